The number of aromatic nitrogens is 3. The molecule has 0 saturated carbocycles. The van der Waals surface area contributed by atoms with E-state index in [0.717, 1.165) is 21.7 Å². The molecule has 4 rings (SSSR count). The van der Waals surface area contributed by atoms with Crippen LogP contribution in [0, 0.1) is 0 Å². The van der Waals surface area contributed by atoms with Gasteiger partial charge in [0.05, 0.1) is 6.54 Å². The molecule has 0 radical (unpaired) electrons. The molecule has 27 heavy (non-hydrogen) atoms. The van der Waals surface area contributed by atoms with Crippen molar-refractivity contribution in [1.29, 1.82) is 0 Å². The van der Waals surface area contributed by atoms with Crippen molar-refractivity contribution >= 4 is 28.8 Å². The highest BCUT2D eigenvalue weighted by molar-refractivity contribution is 7.09. The van der Waals surface area contributed by atoms with Crippen molar-refractivity contribution in [2.45, 2.75) is 13.1 Å². The SMILES string of the molecule is O=C(c1csnn1)N(Cc1nccs1)Cc1ccccc1-c1ccccc1. The summed E-state index contributed by atoms with van der Waals surface area (Å²) in [5, 5.41) is 8.44. The average molecular weight is 393 g/mol. The van der Waals surface area contributed by atoms with Crippen LogP contribution in [0.1, 0.15) is 21.1 Å². The summed E-state index contributed by atoms with van der Waals surface area (Å²) in [5.74, 6) is -0.137. The summed E-state index contributed by atoms with van der Waals surface area (Å²) in [4.78, 5) is 19.1. The van der Waals surface area contributed by atoms with Crippen molar-refractivity contribution in [3.8, 4) is 11.1 Å². The second-order valence-electron chi connectivity index (χ2n) is 5.90. The number of amides is 1. The Bertz CT molecular complexity index is 1000. The molecule has 0 aliphatic rings. The Labute approximate surface area is 165 Å². The zero-order valence-electron chi connectivity index (χ0n) is 14.4. The van der Waals surface area contributed by atoms with E-state index in [-0.39, 0.29) is 5.91 Å². The molecule has 0 aliphatic carbocycles. The monoisotopic (exact) mass is 392 g/mol. The molecular formula is C20H16N4OS2. The Kier molecular flexibility index (Phi) is 5.32. The van der Waals surface area contributed by atoms with Gasteiger partial charge in [-0.25, -0.2) is 4.98 Å². The highest BCUT2D eigenvalue weighted by Gasteiger charge is 2.21. The van der Waals surface area contributed by atoms with E-state index in [0.29, 0.717) is 18.8 Å². The standard InChI is InChI=1S/C20H16N4OS2/c25-20(18-14-27-23-22-18)24(13-19-21-10-11-26-19)12-16-8-4-5-9-17(16)15-6-2-1-3-7-15/h1-11,14H,12-13H2. The molecule has 1 amide bonds. The third-order valence-corrected chi connectivity index (χ3v) is 5.41. The molecule has 2 aromatic heterocycles. The molecule has 134 valence electrons. The van der Waals surface area contributed by atoms with Gasteiger partial charge in [0.15, 0.2) is 5.69 Å². The predicted octanol–water partition coefficient (Wildman–Crippen LogP) is 4.50. The molecule has 2 heterocycles. The van der Waals surface area contributed by atoms with Gasteiger partial charge in [0.1, 0.15) is 5.01 Å². The smallest absolute Gasteiger partial charge is 0.275 e. The van der Waals surface area contributed by atoms with Gasteiger partial charge in [-0.3, -0.25) is 4.79 Å². The molecule has 0 fully saturated rings. The largest absolute Gasteiger partial charge is 0.326 e. The molecule has 5 nitrogen and oxygen atoms in total. The summed E-state index contributed by atoms with van der Waals surface area (Å²) in [6.45, 7) is 0.915. The van der Waals surface area contributed by atoms with Crippen LogP contribution in [-0.2, 0) is 13.1 Å². The lowest BCUT2D eigenvalue weighted by molar-refractivity contribution is 0.0724. The third-order valence-electron chi connectivity index (χ3n) is 4.14. The van der Waals surface area contributed by atoms with E-state index in [1.165, 1.54) is 22.9 Å². The number of benzene rings is 2. The number of nitrogens with zero attached hydrogens (tertiary/aromatic N) is 4. The van der Waals surface area contributed by atoms with Crippen LogP contribution in [0.5, 0.6) is 0 Å². The van der Waals surface area contributed by atoms with Crippen LogP contribution in [0.4, 0.5) is 0 Å². The number of carbonyl (C=O) groups excluding carboxylic acids is 1. The zero-order valence-corrected chi connectivity index (χ0v) is 16.0. The van der Waals surface area contributed by atoms with Gasteiger partial charge in [0.25, 0.3) is 5.91 Å². The average Bonchev–Trinajstić information content (AvgIpc) is 3.42. The maximum Gasteiger partial charge on any atom is 0.275 e. The second-order valence-corrected chi connectivity index (χ2v) is 7.49. The Hall–Kier alpha value is -2.90. The van der Waals surface area contributed by atoms with E-state index in [4.69, 9.17) is 0 Å². The lowest BCUT2D eigenvalue weighted by atomic mass is 9.99. The lowest BCUT2D eigenvalue weighted by Gasteiger charge is -2.22. The highest BCUT2D eigenvalue weighted by Crippen LogP contribution is 2.26. The zero-order chi connectivity index (χ0) is 18.5. The minimum atomic E-state index is -0.137. The first kappa shape index (κ1) is 17.5. The van der Waals surface area contributed by atoms with Gasteiger partial charge in [-0.1, -0.05) is 59.1 Å². The first-order valence-electron chi connectivity index (χ1n) is 8.39. The van der Waals surface area contributed by atoms with Crippen LogP contribution < -0.4 is 0 Å². The van der Waals surface area contributed by atoms with Crippen molar-refractivity contribution < 1.29 is 4.79 Å². The molecule has 7 heteroatoms. The van der Waals surface area contributed by atoms with Crippen LogP contribution in [0.2, 0.25) is 0 Å². The van der Waals surface area contributed by atoms with E-state index in [1.54, 1.807) is 16.5 Å². The van der Waals surface area contributed by atoms with Crippen LogP contribution in [0.25, 0.3) is 11.1 Å². The quantitative estimate of drug-likeness (QED) is 0.485. The van der Waals surface area contributed by atoms with Crippen molar-refractivity contribution in [2.24, 2.45) is 0 Å². The fraction of sp³-hybridized carbons (Fsp3) is 0.100. The van der Waals surface area contributed by atoms with Gasteiger partial charge in [-0.2, -0.15) is 0 Å². The number of hydrogen-bond acceptors (Lipinski definition) is 6. The molecular weight excluding hydrogens is 376 g/mol. The third kappa shape index (κ3) is 4.10. The van der Waals surface area contributed by atoms with Crippen LogP contribution >= 0.6 is 22.9 Å². The number of carbonyl (C=O) groups is 1. The molecule has 0 saturated heterocycles. The van der Waals surface area contributed by atoms with Crippen molar-refractivity contribution in [3.63, 3.8) is 0 Å². The maximum atomic E-state index is 13.0. The van der Waals surface area contributed by atoms with Gasteiger partial charge >= 0.3 is 0 Å². The molecule has 2 aromatic carbocycles. The molecule has 0 unspecified atom stereocenters. The normalized spacial score (nSPS) is 10.7. The van der Waals surface area contributed by atoms with Gasteiger partial charge in [-0.15, -0.1) is 16.4 Å². The Morgan fingerprint density at radius 1 is 1.00 bits per heavy atom. The Balaban J connectivity index is 1.67. The topological polar surface area (TPSA) is 59.0 Å². The summed E-state index contributed by atoms with van der Waals surface area (Å²) in [6.07, 6.45) is 1.75. The number of rotatable bonds is 6. The van der Waals surface area contributed by atoms with Gasteiger partial charge < -0.3 is 4.90 Å². The fourth-order valence-electron chi connectivity index (χ4n) is 2.88. The summed E-state index contributed by atoms with van der Waals surface area (Å²) in [7, 11) is 0. The van der Waals surface area contributed by atoms with Gasteiger partial charge in [0.2, 0.25) is 0 Å². The molecule has 0 bridgehead atoms. The molecule has 0 N–H and O–H groups in total. The second kappa shape index (κ2) is 8.20. The van der Waals surface area contributed by atoms with Crippen LogP contribution in [0.3, 0.4) is 0 Å². The minimum Gasteiger partial charge on any atom is -0.326 e. The van der Waals surface area contributed by atoms with E-state index < -0.39 is 0 Å². The molecule has 0 spiro atoms. The summed E-state index contributed by atoms with van der Waals surface area (Å²) in [5.41, 5.74) is 3.70. The van der Waals surface area contributed by atoms with Crippen LogP contribution in [-0.4, -0.2) is 25.4 Å². The summed E-state index contributed by atoms with van der Waals surface area (Å²) >= 11 is 2.72. The predicted molar refractivity (Wildman–Crippen MR) is 107 cm³/mol. The van der Waals surface area contributed by atoms with Gasteiger partial charge in [-0.05, 0) is 28.2 Å². The van der Waals surface area contributed by atoms with Crippen LogP contribution in [0.15, 0.2) is 71.6 Å². The van der Waals surface area contributed by atoms with Gasteiger partial charge in [0, 0.05) is 23.5 Å². The maximum absolute atomic E-state index is 13.0. The summed E-state index contributed by atoms with van der Waals surface area (Å²) < 4.78 is 3.83. The minimum absolute atomic E-state index is 0.137. The first-order valence-corrected chi connectivity index (χ1v) is 10.1. The molecule has 4 aromatic rings. The van der Waals surface area contributed by atoms with E-state index >= 15 is 0 Å². The lowest BCUT2D eigenvalue weighted by Crippen LogP contribution is -2.30. The first-order chi connectivity index (χ1) is 13.3. The number of hydrogen-bond donors (Lipinski definition) is 0. The van der Waals surface area contributed by atoms with E-state index in [1.807, 2.05) is 35.7 Å². The van der Waals surface area contributed by atoms with Crippen molar-refractivity contribution in [2.75, 3.05) is 0 Å². The number of thiazole rings is 1. The Morgan fingerprint density at radius 2 is 1.81 bits per heavy atom. The fourth-order valence-corrected chi connectivity index (χ4v) is 3.94. The summed E-state index contributed by atoms with van der Waals surface area (Å²) in [6, 6.07) is 18.4. The molecule has 0 aliphatic heterocycles. The van der Waals surface area contributed by atoms with Crippen molar-refractivity contribution in [3.05, 3.63) is 87.8 Å². The van der Waals surface area contributed by atoms with E-state index in [2.05, 4.69) is 38.8 Å². The van der Waals surface area contributed by atoms with E-state index in [9.17, 15) is 4.79 Å². The Morgan fingerprint density at radius 3 is 2.56 bits per heavy atom. The highest BCUT2D eigenvalue weighted by atomic mass is 32.1. The molecule has 0 atom stereocenters. The van der Waals surface area contributed by atoms with Crippen molar-refractivity contribution in [1.82, 2.24) is 19.5 Å².